The summed E-state index contributed by atoms with van der Waals surface area (Å²) in [6.07, 6.45) is 0. The lowest BCUT2D eigenvalue weighted by Gasteiger charge is -2.16. The van der Waals surface area contributed by atoms with Crippen LogP contribution < -0.4 is 10.2 Å². The van der Waals surface area contributed by atoms with Crippen molar-refractivity contribution in [2.45, 2.75) is 13.8 Å². The molecule has 152 valence electrons. The van der Waals surface area contributed by atoms with E-state index >= 15 is 0 Å². The Morgan fingerprint density at radius 3 is 2.52 bits per heavy atom. The van der Waals surface area contributed by atoms with Crippen molar-refractivity contribution < 1.29 is 18.8 Å². The molecule has 7 heteroatoms. The summed E-state index contributed by atoms with van der Waals surface area (Å²) in [7, 11) is 0. The van der Waals surface area contributed by atoms with E-state index in [2.05, 4.69) is 10.3 Å². The Morgan fingerprint density at radius 2 is 1.71 bits per heavy atom. The number of oxazole rings is 1. The summed E-state index contributed by atoms with van der Waals surface area (Å²) in [6.45, 7) is 3.59. The molecule has 2 heterocycles. The highest BCUT2D eigenvalue weighted by atomic mass is 16.3. The number of para-hydroxylation sites is 1. The maximum atomic E-state index is 13.0. The van der Waals surface area contributed by atoms with E-state index in [1.165, 1.54) is 12.1 Å². The number of fused-ring (bicyclic) bond motifs is 2. The van der Waals surface area contributed by atoms with Gasteiger partial charge in [0, 0.05) is 18.2 Å². The molecule has 0 spiro atoms. The van der Waals surface area contributed by atoms with Crippen molar-refractivity contribution in [3.8, 4) is 0 Å². The normalized spacial score (nSPS) is 13.0. The second kappa shape index (κ2) is 6.91. The van der Waals surface area contributed by atoms with Crippen molar-refractivity contribution in [3.05, 3.63) is 88.8 Å². The summed E-state index contributed by atoms with van der Waals surface area (Å²) in [5.74, 6) is -0.688. The zero-order chi connectivity index (χ0) is 21.7. The molecular weight excluding hydrogens is 394 g/mol. The van der Waals surface area contributed by atoms with Gasteiger partial charge in [0.25, 0.3) is 17.7 Å². The van der Waals surface area contributed by atoms with Crippen LogP contribution in [0, 0.1) is 13.8 Å². The first kappa shape index (κ1) is 18.7. The molecule has 1 aliphatic rings. The van der Waals surface area contributed by atoms with Gasteiger partial charge in [-0.15, -0.1) is 0 Å². The van der Waals surface area contributed by atoms with Crippen LogP contribution in [0.2, 0.25) is 0 Å². The SMILES string of the molecule is Cc1nc2cc(NC(=O)c3ccc4c(c3)C(=O)N(c3ccccc3C)C4=O)ccc2o1. The van der Waals surface area contributed by atoms with Crippen LogP contribution in [-0.2, 0) is 0 Å². The van der Waals surface area contributed by atoms with Gasteiger partial charge in [0.1, 0.15) is 5.52 Å². The summed E-state index contributed by atoms with van der Waals surface area (Å²) in [6, 6.07) is 16.9. The van der Waals surface area contributed by atoms with E-state index in [1.54, 1.807) is 43.3 Å². The number of rotatable bonds is 3. The minimum absolute atomic E-state index is 0.212. The van der Waals surface area contributed by atoms with Gasteiger partial charge < -0.3 is 9.73 Å². The van der Waals surface area contributed by atoms with Gasteiger partial charge in [-0.25, -0.2) is 9.88 Å². The summed E-state index contributed by atoms with van der Waals surface area (Å²) in [5, 5.41) is 2.80. The molecule has 1 aromatic heterocycles. The van der Waals surface area contributed by atoms with Gasteiger partial charge in [-0.2, -0.15) is 0 Å². The summed E-state index contributed by atoms with van der Waals surface area (Å²) < 4.78 is 5.44. The fourth-order valence-electron chi connectivity index (χ4n) is 3.74. The molecule has 0 fully saturated rings. The summed E-state index contributed by atoms with van der Waals surface area (Å²) in [5.41, 5.74) is 3.95. The Labute approximate surface area is 177 Å². The fraction of sp³-hybridized carbons (Fsp3) is 0.0833. The second-order valence-electron chi connectivity index (χ2n) is 7.36. The third kappa shape index (κ3) is 3.07. The largest absolute Gasteiger partial charge is 0.441 e. The van der Waals surface area contributed by atoms with E-state index in [1.807, 2.05) is 19.1 Å². The van der Waals surface area contributed by atoms with E-state index in [4.69, 9.17) is 4.42 Å². The highest BCUT2D eigenvalue weighted by molar-refractivity contribution is 6.35. The Morgan fingerprint density at radius 1 is 0.935 bits per heavy atom. The van der Waals surface area contributed by atoms with Gasteiger partial charge in [0.15, 0.2) is 11.5 Å². The molecule has 0 atom stereocenters. The van der Waals surface area contributed by atoms with E-state index in [-0.39, 0.29) is 16.7 Å². The van der Waals surface area contributed by atoms with E-state index in [0.717, 1.165) is 10.5 Å². The minimum atomic E-state index is -0.441. The fourth-order valence-corrected chi connectivity index (χ4v) is 3.74. The van der Waals surface area contributed by atoms with Crippen LogP contribution >= 0.6 is 0 Å². The van der Waals surface area contributed by atoms with Crippen molar-refractivity contribution in [1.82, 2.24) is 4.98 Å². The van der Waals surface area contributed by atoms with Gasteiger partial charge in [0.2, 0.25) is 0 Å². The predicted molar refractivity (Wildman–Crippen MR) is 115 cm³/mol. The minimum Gasteiger partial charge on any atom is -0.441 e. The lowest BCUT2D eigenvalue weighted by Crippen LogP contribution is -2.29. The number of benzene rings is 3. The van der Waals surface area contributed by atoms with Crippen molar-refractivity contribution in [3.63, 3.8) is 0 Å². The molecule has 0 saturated carbocycles. The number of hydrogen-bond donors (Lipinski definition) is 1. The Hall–Kier alpha value is -4.26. The number of amides is 3. The number of hydrogen-bond acceptors (Lipinski definition) is 5. The number of nitrogens with one attached hydrogen (secondary N) is 1. The average Bonchev–Trinajstić information content (AvgIpc) is 3.24. The summed E-state index contributed by atoms with van der Waals surface area (Å²) >= 11 is 0. The smallest absolute Gasteiger partial charge is 0.266 e. The zero-order valence-electron chi connectivity index (χ0n) is 16.8. The van der Waals surface area contributed by atoms with Gasteiger partial charge >= 0.3 is 0 Å². The molecule has 1 aliphatic heterocycles. The number of carbonyl (C=O) groups is 3. The lowest BCUT2D eigenvalue weighted by molar-refractivity contribution is 0.0925. The molecule has 7 nitrogen and oxygen atoms in total. The number of aryl methyl sites for hydroxylation is 2. The molecule has 31 heavy (non-hydrogen) atoms. The van der Waals surface area contributed by atoms with Gasteiger partial charge in [0.05, 0.1) is 16.8 Å². The third-order valence-electron chi connectivity index (χ3n) is 5.26. The molecule has 3 amide bonds. The van der Waals surface area contributed by atoms with E-state index < -0.39 is 17.7 Å². The number of anilines is 2. The standard InChI is InChI=1S/C24H17N3O4/c1-13-5-3-4-6-20(13)27-23(29)17-9-7-15(11-18(17)24(27)30)22(28)26-16-8-10-21-19(12-16)25-14(2)31-21/h3-12H,1-2H3,(H,26,28). The van der Waals surface area contributed by atoms with E-state index in [9.17, 15) is 14.4 Å². The number of nitrogens with zero attached hydrogens (tertiary/aromatic N) is 2. The predicted octanol–water partition coefficient (Wildman–Crippen LogP) is 4.50. The molecule has 3 aromatic carbocycles. The van der Waals surface area contributed by atoms with Gasteiger partial charge in [-0.05, 0) is 55.0 Å². The molecular formula is C24H17N3O4. The molecule has 0 unspecified atom stereocenters. The first-order valence-electron chi connectivity index (χ1n) is 9.69. The second-order valence-corrected chi connectivity index (χ2v) is 7.36. The Bertz CT molecular complexity index is 1400. The molecule has 0 bridgehead atoms. The zero-order valence-corrected chi connectivity index (χ0v) is 16.8. The monoisotopic (exact) mass is 411 g/mol. The van der Waals surface area contributed by atoms with Crippen LogP contribution in [-0.4, -0.2) is 22.7 Å². The molecule has 0 saturated heterocycles. The first-order chi connectivity index (χ1) is 14.9. The summed E-state index contributed by atoms with van der Waals surface area (Å²) in [4.78, 5) is 44.0. The molecule has 5 rings (SSSR count). The van der Waals surface area contributed by atoms with Gasteiger partial charge in [-0.1, -0.05) is 18.2 Å². The quantitative estimate of drug-likeness (QED) is 0.501. The van der Waals surface area contributed by atoms with Crippen LogP contribution in [0.4, 0.5) is 11.4 Å². The Balaban J connectivity index is 1.44. The van der Waals surface area contributed by atoms with Crippen molar-refractivity contribution in [2.24, 2.45) is 0 Å². The topological polar surface area (TPSA) is 92.5 Å². The van der Waals surface area contributed by atoms with Crippen molar-refractivity contribution in [1.29, 1.82) is 0 Å². The van der Waals surface area contributed by atoms with E-state index in [0.29, 0.717) is 28.4 Å². The highest BCUT2D eigenvalue weighted by Gasteiger charge is 2.37. The van der Waals surface area contributed by atoms with Gasteiger partial charge in [-0.3, -0.25) is 14.4 Å². The van der Waals surface area contributed by atoms with Crippen LogP contribution in [0.5, 0.6) is 0 Å². The van der Waals surface area contributed by atoms with Crippen molar-refractivity contribution in [2.75, 3.05) is 10.2 Å². The first-order valence-corrected chi connectivity index (χ1v) is 9.69. The number of imide groups is 1. The van der Waals surface area contributed by atoms with Crippen LogP contribution in [0.1, 0.15) is 42.5 Å². The molecule has 4 aromatic rings. The van der Waals surface area contributed by atoms with Crippen LogP contribution in [0.3, 0.4) is 0 Å². The highest BCUT2D eigenvalue weighted by Crippen LogP contribution is 2.31. The molecule has 0 radical (unpaired) electrons. The van der Waals surface area contributed by atoms with Crippen molar-refractivity contribution >= 4 is 40.2 Å². The maximum Gasteiger partial charge on any atom is 0.266 e. The third-order valence-corrected chi connectivity index (χ3v) is 5.26. The number of aromatic nitrogens is 1. The van der Waals surface area contributed by atoms with Crippen LogP contribution in [0.15, 0.2) is 65.1 Å². The molecule has 0 aliphatic carbocycles. The Kier molecular flexibility index (Phi) is 4.18. The van der Waals surface area contributed by atoms with Crippen LogP contribution in [0.25, 0.3) is 11.1 Å². The average molecular weight is 411 g/mol. The lowest BCUT2D eigenvalue weighted by atomic mass is 10.1. The maximum absolute atomic E-state index is 13.0. The number of carbonyl (C=O) groups excluding carboxylic acids is 3. The molecule has 1 N–H and O–H groups in total.